The lowest BCUT2D eigenvalue weighted by molar-refractivity contribution is -0.274. The quantitative estimate of drug-likeness (QED) is 0.779. The molecule has 0 N–H and O–H groups in total. The van der Waals surface area contributed by atoms with E-state index in [0.717, 1.165) is 13.3 Å². The molecule has 1 aromatic heterocycles. The van der Waals surface area contributed by atoms with Crippen molar-refractivity contribution in [2.24, 2.45) is 0 Å². The minimum Gasteiger partial charge on any atom is -0.472 e. The van der Waals surface area contributed by atoms with Gasteiger partial charge in [0.2, 0.25) is 0 Å². The highest BCUT2D eigenvalue weighted by Gasteiger charge is 2.64. The van der Waals surface area contributed by atoms with Gasteiger partial charge < -0.3 is 9.32 Å². The molecule has 0 fully saturated rings. The van der Waals surface area contributed by atoms with E-state index in [1.807, 2.05) is 0 Å². The topological polar surface area (TPSA) is 33.5 Å². The van der Waals surface area contributed by atoms with Crippen molar-refractivity contribution < 1.29 is 31.2 Å². The van der Waals surface area contributed by atoms with Gasteiger partial charge >= 0.3 is 18.0 Å². The molecule has 1 rings (SSSR count). The van der Waals surface area contributed by atoms with Crippen LogP contribution in [0.25, 0.3) is 0 Å². The second kappa shape index (κ2) is 4.34. The van der Waals surface area contributed by atoms with E-state index in [4.69, 9.17) is 0 Å². The van der Waals surface area contributed by atoms with E-state index in [0.29, 0.717) is 10.5 Å². The van der Waals surface area contributed by atoms with E-state index >= 15 is 0 Å². The normalized spacial score (nSPS) is 12.6. The molecule has 0 aliphatic heterocycles. The summed E-state index contributed by atoms with van der Waals surface area (Å²) in [6.07, 6.45) is -3.53. The predicted molar refractivity (Wildman–Crippen MR) is 46.2 cm³/mol. The minimum atomic E-state index is -5.89. The molecule has 0 spiro atoms. The molecule has 17 heavy (non-hydrogen) atoms. The highest BCUT2D eigenvalue weighted by molar-refractivity contribution is 5.84. The second-order valence-corrected chi connectivity index (χ2v) is 3.36. The number of carbonyl (C=O) groups excluding carboxylic acids is 1. The first-order valence-electron chi connectivity index (χ1n) is 4.37. The van der Waals surface area contributed by atoms with Crippen LogP contribution in [0.15, 0.2) is 23.0 Å². The third-order valence-corrected chi connectivity index (χ3v) is 1.97. The highest BCUT2D eigenvalue weighted by Crippen LogP contribution is 2.36. The van der Waals surface area contributed by atoms with Gasteiger partial charge in [-0.3, -0.25) is 4.79 Å². The fraction of sp³-hybridized carbons (Fsp3) is 0.444. The number of alkyl halides is 5. The van der Waals surface area contributed by atoms with Gasteiger partial charge in [0.1, 0.15) is 0 Å². The first kappa shape index (κ1) is 13.5. The SMILES string of the molecule is CN(Cc1ccoc1)C(=O)C(F)(F)C(F)(F)F. The summed E-state index contributed by atoms with van der Waals surface area (Å²) in [5.41, 5.74) is 0.318. The van der Waals surface area contributed by atoms with Crippen molar-refractivity contribution >= 4 is 5.91 Å². The molecule has 1 aromatic rings. The maximum atomic E-state index is 12.7. The van der Waals surface area contributed by atoms with Crippen LogP contribution in [0.1, 0.15) is 5.56 Å². The summed E-state index contributed by atoms with van der Waals surface area (Å²) in [5.74, 6) is -7.68. The summed E-state index contributed by atoms with van der Waals surface area (Å²) in [6, 6.07) is 1.36. The molecule has 0 saturated carbocycles. The van der Waals surface area contributed by atoms with E-state index in [9.17, 15) is 26.7 Å². The average molecular weight is 257 g/mol. The Morgan fingerprint density at radius 2 is 1.94 bits per heavy atom. The van der Waals surface area contributed by atoms with Crippen LogP contribution in [-0.2, 0) is 11.3 Å². The van der Waals surface area contributed by atoms with Gasteiger partial charge in [-0.2, -0.15) is 22.0 Å². The van der Waals surface area contributed by atoms with Crippen LogP contribution in [0.3, 0.4) is 0 Å². The zero-order valence-electron chi connectivity index (χ0n) is 8.59. The van der Waals surface area contributed by atoms with E-state index in [-0.39, 0.29) is 6.54 Å². The van der Waals surface area contributed by atoms with Crippen LogP contribution in [-0.4, -0.2) is 30.0 Å². The van der Waals surface area contributed by atoms with Gasteiger partial charge in [-0.25, -0.2) is 0 Å². The summed E-state index contributed by atoms with van der Waals surface area (Å²) in [5, 5.41) is 0. The maximum absolute atomic E-state index is 12.7. The van der Waals surface area contributed by atoms with Gasteiger partial charge in [0.15, 0.2) is 0 Å². The van der Waals surface area contributed by atoms with E-state index in [1.54, 1.807) is 0 Å². The zero-order chi connectivity index (χ0) is 13.3. The molecule has 8 heteroatoms. The smallest absolute Gasteiger partial charge is 0.463 e. The molecular weight excluding hydrogens is 249 g/mol. The first-order valence-corrected chi connectivity index (χ1v) is 4.37. The van der Waals surface area contributed by atoms with Crippen molar-refractivity contribution in [3.05, 3.63) is 24.2 Å². The zero-order valence-corrected chi connectivity index (χ0v) is 8.59. The van der Waals surface area contributed by atoms with Crippen molar-refractivity contribution in [2.75, 3.05) is 7.05 Å². The Labute approximate surface area is 92.8 Å². The van der Waals surface area contributed by atoms with Crippen LogP contribution >= 0.6 is 0 Å². The number of rotatable bonds is 3. The highest BCUT2D eigenvalue weighted by atomic mass is 19.4. The Morgan fingerprint density at radius 1 is 1.35 bits per heavy atom. The molecule has 1 amide bonds. The van der Waals surface area contributed by atoms with Crippen molar-refractivity contribution in [1.29, 1.82) is 0 Å². The van der Waals surface area contributed by atoms with Crippen LogP contribution in [0.4, 0.5) is 22.0 Å². The van der Waals surface area contributed by atoms with Crippen molar-refractivity contribution in [1.82, 2.24) is 4.90 Å². The van der Waals surface area contributed by atoms with Gasteiger partial charge in [-0.1, -0.05) is 0 Å². The molecule has 0 unspecified atom stereocenters. The van der Waals surface area contributed by atoms with Crippen molar-refractivity contribution in [3.63, 3.8) is 0 Å². The molecule has 96 valence electrons. The van der Waals surface area contributed by atoms with Gasteiger partial charge in [-0.05, 0) is 6.07 Å². The first-order chi connectivity index (χ1) is 7.66. The maximum Gasteiger partial charge on any atom is 0.463 e. The van der Waals surface area contributed by atoms with Crippen LogP contribution in [0, 0.1) is 0 Å². The lowest BCUT2D eigenvalue weighted by Crippen LogP contribution is -2.50. The molecule has 3 nitrogen and oxygen atoms in total. The standard InChI is InChI=1S/C9H8F5NO2/c1-15(4-6-2-3-17-5-6)7(16)8(10,11)9(12,13)14/h2-3,5H,4H2,1H3. The molecule has 1 heterocycles. The van der Waals surface area contributed by atoms with Gasteiger partial charge in [0, 0.05) is 19.2 Å². The molecule has 0 atom stereocenters. The number of furan rings is 1. The minimum absolute atomic E-state index is 0.290. The Bertz CT molecular complexity index is 385. The number of amides is 1. The fourth-order valence-electron chi connectivity index (χ4n) is 1.09. The van der Waals surface area contributed by atoms with E-state index < -0.39 is 18.0 Å². The summed E-state index contributed by atoms with van der Waals surface area (Å²) in [4.78, 5) is 11.3. The lowest BCUT2D eigenvalue weighted by Gasteiger charge is -2.24. The fourth-order valence-corrected chi connectivity index (χ4v) is 1.09. The van der Waals surface area contributed by atoms with Crippen LogP contribution in [0.5, 0.6) is 0 Å². The van der Waals surface area contributed by atoms with Crippen LogP contribution < -0.4 is 0 Å². The summed E-state index contributed by atoms with van der Waals surface area (Å²) in [7, 11) is 0.856. The van der Waals surface area contributed by atoms with E-state index in [2.05, 4.69) is 4.42 Å². The lowest BCUT2D eigenvalue weighted by atomic mass is 10.2. The molecule has 0 aliphatic carbocycles. The number of halogens is 5. The Kier molecular flexibility index (Phi) is 3.44. The molecule has 0 bridgehead atoms. The number of hydrogen-bond acceptors (Lipinski definition) is 2. The number of hydrogen-bond donors (Lipinski definition) is 0. The summed E-state index contributed by atoms with van der Waals surface area (Å²) >= 11 is 0. The predicted octanol–water partition coefficient (Wildman–Crippen LogP) is 2.44. The Hall–Kier alpha value is -1.60. The largest absolute Gasteiger partial charge is 0.472 e. The van der Waals surface area contributed by atoms with Gasteiger partial charge in [-0.15, -0.1) is 0 Å². The molecule has 0 aliphatic rings. The van der Waals surface area contributed by atoms with Gasteiger partial charge in [0.05, 0.1) is 12.5 Å². The number of carbonyl (C=O) groups is 1. The monoisotopic (exact) mass is 257 g/mol. The van der Waals surface area contributed by atoms with Gasteiger partial charge in [0.25, 0.3) is 0 Å². The molecular formula is C9H8F5NO2. The van der Waals surface area contributed by atoms with Crippen molar-refractivity contribution in [3.8, 4) is 0 Å². The van der Waals surface area contributed by atoms with E-state index in [1.165, 1.54) is 12.3 Å². The average Bonchev–Trinajstić information content (AvgIpc) is 2.67. The molecule has 0 radical (unpaired) electrons. The van der Waals surface area contributed by atoms with Crippen molar-refractivity contribution in [2.45, 2.75) is 18.6 Å². The Morgan fingerprint density at radius 3 is 2.35 bits per heavy atom. The second-order valence-electron chi connectivity index (χ2n) is 3.36. The summed E-state index contributed by atoms with van der Waals surface area (Å²) in [6.45, 7) is -0.388. The third-order valence-electron chi connectivity index (χ3n) is 1.97. The van der Waals surface area contributed by atoms with Crippen LogP contribution in [0.2, 0.25) is 0 Å². The number of nitrogens with zero attached hydrogens (tertiary/aromatic N) is 1. The molecule has 0 saturated heterocycles. The molecule has 0 aromatic carbocycles. The summed E-state index contributed by atoms with van der Waals surface area (Å²) < 4.78 is 65.6. The third kappa shape index (κ3) is 2.75. The Balaban J connectivity index is 2.76.